The SMILES string of the molecule is OCCCCCOc1ccc(CCOC2CCCCO2)cc1. The van der Waals surface area contributed by atoms with Crippen molar-refractivity contribution in [2.45, 2.75) is 51.2 Å². The summed E-state index contributed by atoms with van der Waals surface area (Å²) in [6, 6.07) is 8.21. The van der Waals surface area contributed by atoms with Crippen LogP contribution in [0.15, 0.2) is 24.3 Å². The van der Waals surface area contributed by atoms with E-state index in [-0.39, 0.29) is 12.9 Å². The summed E-state index contributed by atoms with van der Waals surface area (Å²) in [5.74, 6) is 0.907. The number of rotatable bonds is 10. The first-order chi connectivity index (χ1) is 10.9. The van der Waals surface area contributed by atoms with Gasteiger partial charge < -0.3 is 19.3 Å². The molecule has 1 fully saturated rings. The molecule has 2 rings (SSSR count). The van der Waals surface area contributed by atoms with Gasteiger partial charge in [0, 0.05) is 13.2 Å². The molecule has 4 nitrogen and oxygen atoms in total. The minimum atomic E-state index is -0.00437. The van der Waals surface area contributed by atoms with Crippen molar-refractivity contribution in [3.63, 3.8) is 0 Å². The molecule has 0 amide bonds. The predicted octanol–water partition coefficient (Wildman–Crippen LogP) is 3.31. The molecule has 1 atom stereocenters. The molecule has 22 heavy (non-hydrogen) atoms. The van der Waals surface area contributed by atoms with E-state index in [0.717, 1.165) is 50.9 Å². The van der Waals surface area contributed by atoms with Gasteiger partial charge in [-0.05, 0) is 62.6 Å². The highest BCUT2D eigenvalue weighted by atomic mass is 16.7. The van der Waals surface area contributed by atoms with Gasteiger partial charge in [0.1, 0.15) is 5.75 Å². The van der Waals surface area contributed by atoms with Crippen LogP contribution in [0.4, 0.5) is 0 Å². The van der Waals surface area contributed by atoms with E-state index in [1.54, 1.807) is 0 Å². The Morgan fingerprint density at radius 1 is 1.05 bits per heavy atom. The van der Waals surface area contributed by atoms with Crippen molar-refractivity contribution in [3.05, 3.63) is 29.8 Å². The fourth-order valence-corrected chi connectivity index (χ4v) is 2.48. The fourth-order valence-electron chi connectivity index (χ4n) is 2.48. The van der Waals surface area contributed by atoms with Crippen molar-refractivity contribution in [2.75, 3.05) is 26.4 Å². The van der Waals surface area contributed by atoms with Gasteiger partial charge in [0.15, 0.2) is 6.29 Å². The molecule has 4 heteroatoms. The van der Waals surface area contributed by atoms with Crippen LogP contribution in [0.3, 0.4) is 0 Å². The Labute approximate surface area is 133 Å². The van der Waals surface area contributed by atoms with Crippen LogP contribution in [-0.4, -0.2) is 37.8 Å². The maximum atomic E-state index is 8.71. The van der Waals surface area contributed by atoms with E-state index in [1.807, 2.05) is 12.1 Å². The Morgan fingerprint density at radius 2 is 1.91 bits per heavy atom. The van der Waals surface area contributed by atoms with Crippen LogP contribution in [0.2, 0.25) is 0 Å². The summed E-state index contributed by atoms with van der Waals surface area (Å²) in [6.45, 7) is 2.51. The van der Waals surface area contributed by atoms with Crippen LogP contribution in [0, 0.1) is 0 Å². The number of hydrogen-bond donors (Lipinski definition) is 1. The number of hydrogen-bond acceptors (Lipinski definition) is 4. The average molecular weight is 308 g/mol. The zero-order valence-electron chi connectivity index (χ0n) is 13.3. The lowest BCUT2D eigenvalue weighted by Crippen LogP contribution is -2.23. The Balaban J connectivity index is 1.59. The zero-order chi connectivity index (χ0) is 15.5. The maximum Gasteiger partial charge on any atom is 0.157 e. The van der Waals surface area contributed by atoms with E-state index in [0.29, 0.717) is 13.2 Å². The lowest BCUT2D eigenvalue weighted by molar-refractivity contribution is -0.161. The van der Waals surface area contributed by atoms with Gasteiger partial charge in [0.2, 0.25) is 0 Å². The highest BCUT2D eigenvalue weighted by molar-refractivity contribution is 5.27. The fraction of sp³-hybridized carbons (Fsp3) is 0.667. The highest BCUT2D eigenvalue weighted by Crippen LogP contribution is 2.16. The molecule has 0 saturated carbocycles. The van der Waals surface area contributed by atoms with Crippen LogP contribution in [-0.2, 0) is 15.9 Å². The number of aliphatic hydroxyl groups is 1. The summed E-state index contributed by atoms with van der Waals surface area (Å²) < 4.78 is 17.0. The van der Waals surface area contributed by atoms with Gasteiger partial charge in [-0.3, -0.25) is 0 Å². The van der Waals surface area contributed by atoms with Gasteiger partial charge in [-0.15, -0.1) is 0 Å². The molecule has 0 spiro atoms. The largest absolute Gasteiger partial charge is 0.494 e. The molecule has 1 unspecified atom stereocenters. The summed E-state index contributed by atoms with van der Waals surface area (Å²) in [6.07, 6.45) is 7.12. The molecule has 0 aliphatic carbocycles. The van der Waals surface area contributed by atoms with Crippen molar-refractivity contribution < 1.29 is 19.3 Å². The van der Waals surface area contributed by atoms with Crippen LogP contribution >= 0.6 is 0 Å². The van der Waals surface area contributed by atoms with Crippen molar-refractivity contribution in [2.24, 2.45) is 0 Å². The van der Waals surface area contributed by atoms with E-state index in [2.05, 4.69) is 12.1 Å². The van der Waals surface area contributed by atoms with Crippen molar-refractivity contribution in [1.29, 1.82) is 0 Å². The summed E-state index contributed by atoms with van der Waals surface area (Å²) in [4.78, 5) is 0. The molecule has 1 aromatic carbocycles. The van der Waals surface area contributed by atoms with Gasteiger partial charge in [-0.1, -0.05) is 12.1 Å². The molecule has 0 aromatic heterocycles. The van der Waals surface area contributed by atoms with E-state index in [1.165, 1.54) is 12.0 Å². The van der Waals surface area contributed by atoms with Crippen molar-refractivity contribution in [3.8, 4) is 5.75 Å². The first kappa shape index (κ1) is 17.3. The third kappa shape index (κ3) is 6.77. The molecular weight excluding hydrogens is 280 g/mol. The van der Waals surface area contributed by atoms with Crippen LogP contribution in [0.1, 0.15) is 44.1 Å². The second-order valence-electron chi connectivity index (χ2n) is 5.69. The Bertz CT molecular complexity index is 385. The van der Waals surface area contributed by atoms with Crippen LogP contribution in [0.5, 0.6) is 5.75 Å². The molecule has 0 radical (unpaired) electrons. The summed E-state index contributed by atoms with van der Waals surface area (Å²) in [7, 11) is 0. The van der Waals surface area contributed by atoms with Crippen LogP contribution < -0.4 is 4.74 Å². The maximum absolute atomic E-state index is 8.71. The normalized spacial score (nSPS) is 18.3. The molecule has 0 bridgehead atoms. The third-order valence-electron chi connectivity index (χ3n) is 3.83. The molecule has 1 aromatic rings. The summed E-state index contributed by atoms with van der Waals surface area (Å²) in [5.41, 5.74) is 1.25. The third-order valence-corrected chi connectivity index (χ3v) is 3.83. The number of benzene rings is 1. The Morgan fingerprint density at radius 3 is 2.64 bits per heavy atom. The van der Waals surface area contributed by atoms with Gasteiger partial charge >= 0.3 is 0 Å². The molecular formula is C18H28O4. The monoisotopic (exact) mass is 308 g/mol. The Hall–Kier alpha value is -1.10. The van der Waals surface area contributed by atoms with E-state index in [9.17, 15) is 0 Å². The highest BCUT2D eigenvalue weighted by Gasteiger charge is 2.13. The quantitative estimate of drug-likeness (QED) is 0.674. The summed E-state index contributed by atoms with van der Waals surface area (Å²) in [5, 5.41) is 8.71. The number of ether oxygens (including phenoxy) is 3. The standard InChI is InChI=1S/C18H28O4/c19-12-3-1-4-13-20-17-9-7-16(8-10-17)11-15-22-18-6-2-5-14-21-18/h7-10,18-19H,1-6,11-15H2. The molecule has 1 N–H and O–H groups in total. The van der Waals surface area contributed by atoms with Crippen LogP contribution in [0.25, 0.3) is 0 Å². The average Bonchev–Trinajstić information content (AvgIpc) is 2.57. The smallest absolute Gasteiger partial charge is 0.157 e. The number of unbranched alkanes of at least 4 members (excludes halogenated alkanes) is 2. The second kappa shape index (κ2) is 10.6. The van der Waals surface area contributed by atoms with Gasteiger partial charge in [-0.2, -0.15) is 0 Å². The van der Waals surface area contributed by atoms with Gasteiger partial charge in [0.05, 0.1) is 13.2 Å². The molecule has 1 heterocycles. The van der Waals surface area contributed by atoms with Crippen molar-refractivity contribution in [1.82, 2.24) is 0 Å². The van der Waals surface area contributed by atoms with E-state index >= 15 is 0 Å². The topological polar surface area (TPSA) is 47.9 Å². The first-order valence-electron chi connectivity index (χ1n) is 8.44. The lowest BCUT2D eigenvalue weighted by atomic mass is 10.1. The predicted molar refractivity (Wildman–Crippen MR) is 86.1 cm³/mol. The zero-order valence-corrected chi connectivity index (χ0v) is 13.3. The molecule has 124 valence electrons. The van der Waals surface area contributed by atoms with E-state index in [4.69, 9.17) is 19.3 Å². The minimum absolute atomic E-state index is 0.00437. The molecule has 1 aliphatic rings. The van der Waals surface area contributed by atoms with E-state index < -0.39 is 0 Å². The summed E-state index contributed by atoms with van der Waals surface area (Å²) >= 11 is 0. The first-order valence-corrected chi connectivity index (χ1v) is 8.44. The second-order valence-corrected chi connectivity index (χ2v) is 5.69. The molecule has 1 saturated heterocycles. The number of aliphatic hydroxyl groups excluding tert-OH is 1. The Kier molecular flexibility index (Phi) is 8.31. The van der Waals surface area contributed by atoms with Crippen molar-refractivity contribution >= 4 is 0 Å². The molecule has 1 aliphatic heterocycles. The lowest BCUT2D eigenvalue weighted by Gasteiger charge is -2.22. The minimum Gasteiger partial charge on any atom is -0.494 e. The van der Waals surface area contributed by atoms with Gasteiger partial charge in [-0.25, -0.2) is 0 Å². The van der Waals surface area contributed by atoms with Gasteiger partial charge in [0.25, 0.3) is 0 Å².